The van der Waals surface area contributed by atoms with Crippen LogP contribution in [-0.4, -0.2) is 23.9 Å². The molecule has 27 heavy (non-hydrogen) atoms. The average Bonchev–Trinajstić information content (AvgIpc) is 2.70. The van der Waals surface area contributed by atoms with Gasteiger partial charge in [-0.2, -0.15) is 0 Å². The number of rotatable bonds is 5. The Morgan fingerprint density at radius 3 is 1.81 bits per heavy atom. The molecule has 2 aromatic carbocycles. The Hall–Kier alpha value is -3.38. The summed E-state index contributed by atoms with van der Waals surface area (Å²) in [6.07, 6.45) is 2.80. The third kappa shape index (κ3) is 4.83. The Balaban J connectivity index is 1.70. The molecule has 0 aliphatic carbocycles. The summed E-state index contributed by atoms with van der Waals surface area (Å²) in [5, 5.41) is 6.06. The van der Waals surface area contributed by atoms with E-state index in [1.807, 2.05) is 0 Å². The minimum absolute atomic E-state index is 0.271. The summed E-state index contributed by atoms with van der Waals surface area (Å²) in [6, 6.07) is 15.1. The van der Waals surface area contributed by atoms with Gasteiger partial charge in [-0.15, -0.1) is 0 Å². The van der Waals surface area contributed by atoms with Gasteiger partial charge in [0.1, 0.15) is 5.75 Å². The normalized spacial score (nSPS) is 10.1. The molecule has 0 atom stereocenters. The quantitative estimate of drug-likeness (QED) is 0.692. The topological polar surface area (TPSA) is 80.3 Å². The summed E-state index contributed by atoms with van der Waals surface area (Å²) in [4.78, 5) is 28.8. The Labute approximate surface area is 161 Å². The third-order valence-corrected chi connectivity index (χ3v) is 3.96. The Kier molecular flexibility index (Phi) is 5.68. The smallest absolute Gasteiger partial charge is 0.257 e. The molecule has 3 aromatic rings. The molecule has 0 bridgehead atoms. The van der Waals surface area contributed by atoms with E-state index in [2.05, 4.69) is 15.6 Å². The molecule has 136 valence electrons. The van der Waals surface area contributed by atoms with Crippen molar-refractivity contribution in [1.29, 1.82) is 0 Å². The molecule has 0 saturated carbocycles. The second kappa shape index (κ2) is 8.33. The lowest BCUT2D eigenvalue weighted by Gasteiger charge is -2.08. The van der Waals surface area contributed by atoms with Gasteiger partial charge < -0.3 is 15.4 Å². The van der Waals surface area contributed by atoms with Gasteiger partial charge in [0.15, 0.2) is 0 Å². The van der Waals surface area contributed by atoms with E-state index in [9.17, 15) is 9.59 Å². The van der Waals surface area contributed by atoms with Crippen molar-refractivity contribution < 1.29 is 14.3 Å². The summed E-state index contributed by atoms with van der Waals surface area (Å²) in [5.74, 6) is -0.0479. The highest BCUT2D eigenvalue weighted by atomic mass is 35.5. The van der Waals surface area contributed by atoms with E-state index in [1.165, 1.54) is 18.5 Å². The van der Waals surface area contributed by atoms with Crippen molar-refractivity contribution in [2.24, 2.45) is 0 Å². The maximum Gasteiger partial charge on any atom is 0.257 e. The number of methoxy groups -OCH3 is 1. The van der Waals surface area contributed by atoms with E-state index in [4.69, 9.17) is 16.3 Å². The zero-order valence-electron chi connectivity index (χ0n) is 14.4. The maximum atomic E-state index is 12.4. The van der Waals surface area contributed by atoms with Gasteiger partial charge in [0.25, 0.3) is 11.8 Å². The fraction of sp³-hybridized carbons (Fsp3) is 0.0500. The third-order valence-electron chi connectivity index (χ3n) is 3.71. The molecule has 0 aliphatic heterocycles. The molecule has 6 nitrogen and oxygen atoms in total. The zero-order valence-corrected chi connectivity index (χ0v) is 15.2. The van der Waals surface area contributed by atoms with Crippen LogP contribution in [0.2, 0.25) is 5.02 Å². The monoisotopic (exact) mass is 381 g/mol. The van der Waals surface area contributed by atoms with Gasteiger partial charge >= 0.3 is 0 Å². The largest absolute Gasteiger partial charge is 0.497 e. The van der Waals surface area contributed by atoms with Crippen molar-refractivity contribution in [2.45, 2.75) is 0 Å². The van der Waals surface area contributed by atoms with Gasteiger partial charge in [-0.05, 0) is 54.6 Å². The van der Waals surface area contributed by atoms with Crippen molar-refractivity contribution in [3.63, 3.8) is 0 Å². The molecular weight excluding hydrogens is 366 g/mol. The Morgan fingerprint density at radius 1 is 0.852 bits per heavy atom. The molecule has 7 heteroatoms. The number of ether oxygens (including phenoxy) is 1. The number of carbonyl (C=O) groups excluding carboxylic acids is 2. The number of carbonyl (C=O) groups is 2. The molecule has 0 unspecified atom stereocenters. The first-order valence-electron chi connectivity index (χ1n) is 8.02. The second-order valence-electron chi connectivity index (χ2n) is 5.61. The average molecular weight is 382 g/mol. The van der Waals surface area contributed by atoms with Crippen molar-refractivity contribution in [3.8, 4) is 5.75 Å². The van der Waals surface area contributed by atoms with Crippen molar-refractivity contribution in [3.05, 3.63) is 83.1 Å². The summed E-state index contributed by atoms with van der Waals surface area (Å²) in [7, 11) is 1.57. The molecule has 0 spiro atoms. The van der Waals surface area contributed by atoms with Gasteiger partial charge in [0, 0.05) is 28.8 Å². The van der Waals surface area contributed by atoms with Crippen molar-refractivity contribution in [2.75, 3.05) is 17.7 Å². The minimum Gasteiger partial charge on any atom is -0.497 e. The number of anilines is 2. The number of halogens is 1. The van der Waals surface area contributed by atoms with Crippen molar-refractivity contribution >= 4 is 34.8 Å². The SMILES string of the molecule is COc1ccc(NC(=O)c2cncc(C(=O)Nc3ccc(Cl)cc3)c2)cc1. The highest BCUT2D eigenvalue weighted by Gasteiger charge is 2.12. The van der Waals surface area contributed by atoms with Gasteiger partial charge in [-0.25, -0.2) is 0 Å². The van der Waals surface area contributed by atoms with Crippen LogP contribution in [0.4, 0.5) is 11.4 Å². The van der Waals surface area contributed by atoms with Gasteiger partial charge in [0.2, 0.25) is 0 Å². The number of hydrogen-bond donors (Lipinski definition) is 2. The zero-order chi connectivity index (χ0) is 19.2. The van der Waals surface area contributed by atoms with E-state index in [0.717, 1.165) is 0 Å². The molecular formula is C20H16ClN3O3. The molecule has 0 radical (unpaired) electrons. The number of nitrogens with one attached hydrogen (secondary N) is 2. The maximum absolute atomic E-state index is 12.4. The molecule has 0 saturated heterocycles. The lowest BCUT2D eigenvalue weighted by atomic mass is 10.1. The van der Waals surface area contributed by atoms with Gasteiger partial charge in [-0.3, -0.25) is 14.6 Å². The van der Waals surface area contributed by atoms with Crippen LogP contribution in [0.5, 0.6) is 5.75 Å². The number of benzene rings is 2. The predicted molar refractivity (Wildman–Crippen MR) is 105 cm³/mol. The predicted octanol–water partition coefficient (Wildman–Crippen LogP) is 4.25. The van der Waals surface area contributed by atoms with Crippen LogP contribution < -0.4 is 15.4 Å². The van der Waals surface area contributed by atoms with Crippen LogP contribution in [0.25, 0.3) is 0 Å². The van der Waals surface area contributed by atoms with Gasteiger partial charge in [0.05, 0.1) is 18.2 Å². The lowest BCUT2D eigenvalue weighted by Crippen LogP contribution is -2.16. The van der Waals surface area contributed by atoms with Crippen molar-refractivity contribution in [1.82, 2.24) is 4.98 Å². The van der Waals surface area contributed by atoms with Crippen LogP contribution >= 0.6 is 11.6 Å². The van der Waals surface area contributed by atoms with Crippen LogP contribution in [-0.2, 0) is 0 Å². The first kappa shape index (κ1) is 18.4. The molecule has 2 N–H and O–H groups in total. The fourth-order valence-corrected chi connectivity index (χ4v) is 2.43. The summed E-state index contributed by atoms with van der Waals surface area (Å²) in [5.41, 5.74) is 1.75. The summed E-state index contributed by atoms with van der Waals surface area (Å²) >= 11 is 5.83. The number of aromatic nitrogens is 1. The first-order chi connectivity index (χ1) is 13.0. The molecule has 0 fully saturated rings. The van der Waals surface area contributed by atoms with Gasteiger partial charge in [-0.1, -0.05) is 11.6 Å². The highest BCUT2D eigenvalue weighted by Crippen LogP contribution is 2.17. The molecule has 3 rings (SSSR count). The number of pyridine rings is 1. The Bertz CT molecular complexity index is 957. The number of amides is 2. The molecule has 2 amide bonds. The lowest BCUT2D eigenvalue weighted by molar-refractivity contribution is 0.102. The van der Waals surface area contributed by atoms with E-state index in [1.54, 1.807) is 55.6 Å². The minimum atomic E-state index is -0.371. The van der Waals surface area contributed by atoms with Crippen LogP contribution in [0.3, 0.4) is 0 Å². The first-order valence-corrected chi connectivity index (χ1v) is 8.40. The molecule has 1 aromatic heterocycles. The summed E-state index contributed by atoms with van der Waals surface area (Å²) in [6.45, 7) is 0. The molecule has 1 heterocycles. The fourth-order valence-electron chi connectivity index (χ4n) is 2.30. The number of nitrogens with zero attached hydrogens (tertiary/aromatic N) is 1. The Morgan fingerprint density at radius 2 is 1.33 bits per heavy atom. The van der Waals surface area contributed by atoms with Crippen LogP contribution in [0.1, 0.15) is 20.7 Å². The molecule has 0 aliphatic rings. The highest BCUT2D eigenvalue weighted by molar-refractivity contribution is 6.30. The second-order valence-corrected chi connectivity index (χ2v) is 6.04. The van der Waals surface area contributed by atoms with E-state index < -0.39 is 0 Å². The summed E-state index contributed by atoms with van der Waals surface area (Å²) < 4.78 is 5.08. The van der Waals surface area contributed by atoms with E-state index in [0.29, 0.717) is 22.1 Å². The number of hydrogen-bond acceptors (Lipinski definition) is 4. The van der Waals surface area contributed by atoms with Crippen LogP contribution in [0.15, 0.2) is 67.0 Å². The van der Waals surface area contributed by atoms with E-state index >= 15 is 0 Å². The van der Waals surface area contributed by atoms with E-state index in [-0.39, 0.29) is 22.9 Å². The van der Waals surface area contributed by atoms with Crippen LogP contribution in [0, 0.1) is 0 Å². The standard InChI is InChI=1S/C20H16ClN3O3/c1-27-18-8-6-17(7-9-18)24-20(26)14-10-13(11-22-12-14)19(25)23-16-4-2-15(21)3-5-16/h2-12H,1H3,(H,23,25)(H,24,26).